The number of nitrogens with one attached hydrogen (secondary N) is 1. The molecule has 0 saturated carbocycles. The standard InChI is InChI=1S/C25H20FNO3/c1-2-16-9-6-10-20-21(15-27-22(16)20)23(28)24(17-7-4-3-5-8-17)30-25(29)18-11-13-19(26)14-12-18/h3-15,24,27H,2H2,1H3/t24-/m1/s1. The highest BCUT2D eigenvalue weighted by atomic mass is 19.1. The summed E-state index contributed by atoms with van der Waals surface area (Å²) in [4.78, 5) is 29.3. The van der Waals surface area contributed by atoms with E-state index in [1.54, 1.807) is 30.5 Å². The highest BCUT2D eigenvalue weighted by Crippen LogP contribution is 2.29. The molecule has 150 valence electrons. The number of hydrogen-bond donors (Lipinski definition) is 1. The Kier molecular flexibility index (Phi) is 5.44. The van der Waals surface area contributed by atoms with Gasteiger partial charge in [-0.3, -0.25) is 4.79 Å². The quantitative estimate of drug-likeness (QED) is 0.335. The van der Waals surface area contributed by atoms with E-state index in [4.69, 9.17) is 4.74 Å². The molecule has 4 rings (SSSR count). The molecule has 0 fully saturated rings. The van der Waals surface area contributed by atoms with Crippen LogP contribution < -0.4 is 0 Å². The maximum atomic E-state index is 13.5. The number of hydrogen-bond acceptors (Lipinski definition) is 3. The number of aryl methyl sites for hydroxylation is 1. The summed E-state index contributed by atoms with van der Waals surface area (Å²) in [5.74, 6) is -1.46. The number of halogens is 1. The molecule has 1 N–H and O–H groups in total. The number of esters is 1. The van der Waals surface area contributed by atoms with E-state index in [1.165, 1.54) is 24.3 Å². The summed E-state index contributed by atoms with van der Waals surface area (Å²) in [5.41, 5.74) is 3.21. The monoisotopic (exact) mass is 401 g/mol. The van der Waals surface area contributed by atoms with Crippen LogP contribution >= 0.6 is 0 Å². The van der Waals surface area contributed by atoms with Crippen LogP contribution in [0.3, 0.4) is 0 Å². The third kappa shape index (κ3) is 3.74. The number of rotatable bonds is 6. The van der Waals surface area contributed by atoms with E-state index in [2.05, 4.69) is 4.98 Å². The molecule has 0 spiro atoms. The number of ketones is 1. The van der Waals surface area contributed by atoms with Crippen LogP contribution in [0.1, 0.15) is 44.9 Å². The van der Waals surface area contributed by atoms with Crippen molar-refractivity contribution in [2.24, 2.45) is 0 Å². The molecule has 0 aliphatic heterocycles. The molecule has 0 aliphatic carbocycles. The van der Waals surface area contributed by atoms with E-state index >= 15 is 0 Å². The number of aromatic nitrogens is 1. The van der Waals surface area contributed by atoms with Gasteiger partial charge in [-0.1, -0.05) is 55.5 Å². The fraction of sp³-hybridized carbons (Fsp3) is 0.120. The first kappa shape index (κ1) is 19.6. The normalized spacial score (nSPS) is 11.9. The van der Waals surface area contributed by atoms with Gasteiger partial charge in [0.25, 0.3) is 0 Å². The molecule has 0 amide bonds. The molecule has 4 nitrogen and oxygen atoms in total. The molecular weight excluding hydrogens is 381 g/mol. The van der Waals surface area contributed by atoms with E-state index in [9.17, 15) is 14.0 Å². The third-order valence-electron chi connectivity index (χ3n) is 5.09. The molecule has 1 heterocycles. The van der Waals surface area contributed by atoms with Gasteiger partial charge in [0.05, 0.1) is 5.56 Å². The molecule has 5 heteroatoms. The molecule has 0 bridgehead atoms. The summed E-state index contributed by atoms with van der Waals surface area (Å²) in [7, 11) is 0. The van der Waals surface area contributed by atoms with Gasteiger partial charge in [-0.05, 0) is 36.2 Å². The first-order valence-electron chi connectivity index (χ1n) is 9.73. The van der Waals surface area contributed by atoms with E-state index in [1.807, 2.05) is 31.2 Å². The average Bonchev–Trinajstić information content (AvgIpc) is 3.22. The van der Waals surface area contributed by atoms with Crippen molar-refractivity contribution >= 4 is 22.7 Å². The number of benzene rings is 3. The maximum Gasteiger partial charge on any atom is 0.339 e. The molecule has 4 aromatic rings. The van der Waals surface area contributed by atoms with Crippen LogP contribution in [0, 0.1) is 5.82 Å². The van der Waals surface area contributed by atoms with Crippen LogP contribution in [-0.4, -0.2) is 16.7 Å². The summed E-state index contributed by atoms with van der Waals surface area (Å²) >= 11 is 0. The Balaban J connectivity index is 1.72. The fourth-order valence-corrected chi connectivity index (χ4v) is 3.52. The van der Waals surface area contributed by atoms with Gasteiger partial charge in [-0.15, -0.1) is 0 Å². The van der Waals surface area contributed by atoms with Crippen molar-refractivity contribution in [3.05, 3.63) is 107 Å². The molecular formula is C25H20FNO3. The van der Waals surface area contributed by atoms with Gasteiger partial charge >= 0.3 is 5.97 Å². The third-order valence-corrected chi connectivity index (χ3v) is 5.09. The second-order valence-electron chi connectivity index (χ2n) is 6.96. The predicted octanol–water partition coefficient (Wildman–Crippen LogP) is 5.65. The van der Waals surface area contributed by atoms with Gasteiger partial charge in [-0.2, -0.15) is 0 Å². The van der Waals surface area contributed by atoms with Gasteiger partial charge in [-0.25, -0.2) is 9.18 Å². The lowest BCUT2D eigenvalue weighted by Gasteiger charge is -2.17. The summed E-state index contributed by atoms with van der Waals surface area (Å²) in [6, 6.07) is 19.7. The number of fused-ring (bicyclic) bond motifs is 1. The highest BCUT2D eigenvalue weighted by molar-refractivity contribution is 6.11. The van der Waals surface area contributed by atoms with Gasteiger partial charge in [0.15, 0.2) is 6.10 Å². The zero-order chi connectivity index (χ0) is 21.1. The second-order valence-corrected chi connectivity index (χ2v) is 6.96. The van der Waals surface area contributed by atoms with Crippen molar-refractivity contribution < 1.29 is 18.7 Å². The number of H-pyrrole nitrogens is 1. The molecule has 0 unspecified atom stereocenters. The lowest BCUT2D eigenvalue weighted by Crippen LogP contribution is -2.20. The molecule has 30 heavy (non-hydrogen) atoms. The fourth-order valence-electron chi connectivity index (χ4n) is 3.52. The summed E-state index contributed by atoms with van der Waals surface area (Å²) in [6.45, 7) is 2.05. The molecule has 0 radical (unpaired) electrons. The van der Waals surface area contributed by atoms with Crippen molar-refractivity contribution in [1.82, 2.24) is 4.98 Å². The Labute approximate surface area is 173 Å². The number of aromatic amines is 1. The highest BCUT2D eigenvalue weighted by Gasteiger charge is 2.28. The minimum absolute atomic E-state index is 0.178. The number of Topliss-reactive ketones (excluding diaryl/α,β-unsaturated/α-hetero) is 1. The van der Waals surface area contributed by atoms with Crippen LogP contribution in [0.25, 0.3) is 10.9 Å². The zero-order valence-corrected chi connectivity index (χ0v) is 16.4. The van der Waals surface area contributed by atoms with Crippen LogP contribution in [0.5, 0.6) is 0 Å². The second kappa shape index (κ2) is 8.33. The first-order chi connectivity index (χ1) is 14.6. The largest absolute Gasteiger partial charge is 0.445 e. The SMILES string of the molecule is CCc1cccc2c(C(=O)[C@H](OC(=O)c3ccc(F)cc3)c3ccccc3)c[nH]c12. The van der Waals surface area contributed by atoms with Gasteiger partial charge in [0, 0.05) is 28.2 Å². The lowest BCUT2D eigenvalue weighted by molar-refractivity contribution is 0.0280. The Bertz CT molecular complexity index is 1200. The molecule has 3 aromatic carbocycles. The topological polar surface area (TPSA) is 59.2 Å². The Morgan fingerprint density at radius 2 is 1.70 bits per heavy atom. The van der Waals surface area contributed by atoms with Gasteiger partial charge in [0.2, 0.25) is 5.78 Å². The van der Waals surface area contributed by atoms with E-state index in [0.717, 1.165) is 22.9 Å². The van der Waals surface area contributed by atoms with Crippen molar-refractivity contribution in [2.45, 2.75) is 19.4 Å². The lowest BCUT2D eigenvalue weighted by atomic mass is 9.98. The molecule has 1 aromatic heterocycles. The summed E-state index contributed by atoms with van der Waals surface area (Å²) in [6.07, 6.45) is 1.37. The van der Waals surface area contributed by atoms with E-state index < -0.39 is 17.9 Å². The smallest absolute Gasteiger partial charge is 0.339 e. The van der Waals surface area contributed by atoms with E-state index in [0.29, 0.717) is 11.1 Å². The van der Waals surface area contributed by atoms with Crippen LogP contribution in [0.15, 0.2) is 79.0 Å². The van der Waals surface area contributed by atoms with Crippen LogP contribution in [-0.2, 0) is 11.2 Å². The van der Waals surface area contributed by atoms with Crippen LogP contribution in [0.2, 0.25) is 0 Å². The average molecular weight is 401 g/mol. The van der Waals surface area contributed by atoms with E-state index in [-0.39, 0.29) is 11.3 Å². The molecule has 0 aliphatic rings. The first-order valence-corrected chi connectivity index (χ1v) is 9.73. The minimum Gasteiger partial charge on any atom is -0.445 e. The summed E-state index contributed by atoms with van der Waals surface area (Å²) < 4.78 is 18.8. The number of carbonyl (C=O) groups is 2. The Morgan fingerprint density at radius 1 is 0.967 bits per heavy atom. The van der Waals surface area contributed by atoms with Crippen LogP contribution in [0.4, 0.5) is 4.39 Å². The molecule has 0 saturated heterocycles. The number of ether oxygens (including phenoxy) is 1. The minimum atomic E-state index is -1.12. The van der Waals surface area contributed by atoms with Crippen molar-refractivity contribution in [3.8, 4) is 0 Å². The zero-order valence-electron chi connectivity index (χ0n) is 16.4. The van der Waals surface area contributed by atoms with Crippen molar-refractivity contribution in [1.29, 1.82) is 0 Å². The van der Waals surface area contributed by atoms with Gasteiger partial charge in [0.1, 0.15) is 5.82 Å². The van der Waals surface area contributed by atoms with Crippen molar-refractivity contribution in [3.63, 3.8) is 0 Å². The number of carbonyl (C=O) groups excluding carboxylic acids is 2. The predicted molar refractivity (Wildman–Crippen MR) is 113 cm³/mol. The Hall–Kier alpha value is -3.73. The Morgan fingerprint density at radius 3 is 2.40 bits per heavy atom. The maximum absolute atomic E-state index is 13.5. The van der Waals surface area contributed by atoms with Crippen molar-refractivity contribution in [2.75, 3.05) is 0 Å². The molecule has 1 atom stereocenters. The van der Waals surface area contributed by atoms with Gasteiger partial charge < -0.3 is 9.72 Å². The number of para-hydroxylation sites is 1. The summed E-state index contributed by atoms with van der Waals surface area (Å²) in [5, 5.41) is 0.790.